The predicted octanol–water partition coefficient (Wildman–Crippen LogP) is 3.71. The summed E-state index contributed by atoms with van der Waals surface area (Å²) in [7, 11) is 0. The maximum atomic E-state index is 13.7. The quantitative estimate of drug-likeness (QED) is 0.766. The molecule has 2 unspecified atom stereocenters. The molecule has 1 aromatic heterocycles. The van der Waals surface area contributed by atoms with E-state index in [4.69, 9.17) is 4.74 Å². The molecular formula is C20H19F4N3O2. The van der Waals surface area contributed by atoms with Gasteiger partial charge in [-0.15, -0.1) is 0 Å². The molecule has 1 saturated carbocycles. The van der Waals surface area contributed by atoms with Crippen LogP contribution in [0.2, 0.25) is 0 Å². The standard InChI is InChI=1S/C20H19F4N3O2/c21-13-4-5-17(20(22,23)24)12(7-13)10-27(11-16-14-8-25-9-15(14)16)19(28)29-18-3-1-2-6-26-18/h1-7,14-16,25H,8-11H2. The van der Waals surface area contributed by atoms with Gasteiger partial charge < -0.3 is 15.0 Å². The van der Waals surface area contributed by atoms with Gasteiger partial charge in [0.15, 0.2) is 0 Å². The molecule has 5 nitrogen and oxygen atoms in total. The van der Waals surface area contributed by atoms with Gasteiger partial charge in [0.2, 0.25) is 5.88 Å². The lowest BCUT2D eigenvalue weighted by Crippen LogP contribution is -2.37. The van der Waals surface area contributed by atoms with Gasteiger partial charge in [-0.2, -0.15) is 13.2 Å². The number of rotatable bonds is 5. The van der Waals surface area contributed by atoms with Crippen LogP contribution in [0.5, 0.6) is 5.88 Å². The summed E-state index contributed by atoms with van der Waals surface area (Å²) in [6.45, 7) is 1.50. The molecule has 1 amide bonds. The summed E-state index contributed by atoms with van der Waals surface area (Å²) in [6, 6.07) is 7.04. The average molecular weight is 409 g/mol. The monoisotopic (exact) mass is 409 g/mol. The highest BCUT2D eigenvalue weighted by Gasteiger charge is 2.53. The topological polar surface area (TPSA) is 54.5 Å². The number of pyridine rings is 1. The molecule has 0 spiro atoms. The highest BCUT2D eigenvalue weighted by Crippen LogP contribution is 2.49. The molecule has 154 valence electrons. The number of halogens is 4. The number of benzene rings is 1. The van der Waals surface area contributed by atoms with E-state index < -0.39 is 30.2 Å². The van der Waals surface area contributed by atoms with E-state index in [1.165, 1.54) is 17.2 Å². The van der Waals surface area contributed by atoms with Crippen molar-refractivity contribution in [2.45, 2.75) is 12.7 Å². The first-order chi connectivity index (χ1) is 13.8. The second-order valence-corrected chi connectivity index (χ2v) is 7.37. The maximum Gasteiger partial charge on any atom is 0.416 e. The van der Waals surface area contributed by atoms with Crippen LogP contribution >= 0.6 is 0 Å². The Morgan fingerprint density at radius 2 is 1.97 bits per heavy atom. The van der Waals surface area contributed by atoms with Gasteiger partial charge in [-0.1, -0.05) is 6.07 Å². The van der Waals surface area contributed by atoms with Crippen LogP contribution in [-0.4, -0.2) is 35.6 Å². The van der Waals surface area contributed by atoms with Crippen molar-refractivity contribution in [1.29, 1.82) is 0 Å². The SMILES string of the molecule is O=C(Oc1ccccn1)N(Cc1cc(F)ccc1C(F)(F)F)CC1C2CNCC21. The van der Waals surface area contributed by atoms with E-state index in [1.54, 1.807) is 12.1 Å². The van der Waals surface area contributed by atoms with Crippen LogP contribution < -0.4 is 10.1 Å². The maximum absolute atomic E-state index is 13.7. The molecule has 1 saturated heterocycles. The Bertz CT molecular complexity index is 881. The Labute approximate surface area is 164 Å². The molecule has 29 heavy (non-hydrogen) atoms. The Morgan fingerprint density at radius 1 is 1.21 bits per heavy atom. The van der Waals surface area contributed by atoms with Gasteiger partial charge in [-0.05, 0) is 60.7 Å². The van der Waals surface area contributed by atoms with E-state index in [0.29, 0.717) is 17.9 Å². The number of ether oxygens (including phenoxy) is 1. The van der Waals surface area contributed by atoms with Crippen molar-refractivity contribution in [2.24, 2.45) is 17.8 Å². The molecule has 2 aliphatic rings. The fourth-order valence-corrected chi connectivity index (χ4v) is 4.01. The summed E-state index contributed by atoms with van der Waals surface area (Å²) in [6.07, 6.45) is -4.02. The van der Waals surface area contributed by atoms with E-state index in [1.807, 2.05) is 0 Å². The number of amides is 1. The van der Waals surface area contributed by atoms with Crippen molar-refractivity contribution < 1.29 is 27.1 Å². The summed E-state index contributed by atoms with van der Waals surface area (Å²) < 4.78 is 59.0. The van der Waals surface area contributed by atoms with Crippen LogP contribution in [0.4, 0.5) is 22.4 Å². The van der Waals surface area contributed by atoms with E-state index in [-0.39, 0.29) is 23.9 Å². The molecule has 1 aromatic carbocycles. The fraction of sp³-hybridized carbons (Fsp3) is 0.400. The minimum atomic E-state index is -4.65. The minimum Gasteiger partial charge on any atom is -0.391 e. The molecule has 0 radical (unpaired) electrons. The normalized spacial score (nSPS) is 22.8. The van der Waals surface area contributed by atoms with Gasteiger partial charge in [0, 0.05) is 25.4 Å². The van der Waals surface area contributed by atoms with Gasteiger partial charge in [0.25, 0.3) is 0 Å². The lowest BCUT2D eigenvalue weighted by atomic mass is 10.1. The number of aromatic nitrogens is 1. The first-order valence-electron chi connectivity index (χ1n) is 9.27. The zero-order valence-electron chi connectivity index (χ0n) is 15.3. The smallest absolute Gasteiger partial charge is 0.391 e. The van der Waals surface area contributed by atoms with E-state index in [0.717, 1.165) is 25.2 Å². The summed E-state index contributed by atoms with van der Waals surface area (Å²) in [4.78, 5) is 17.8. The largest absolute Gasteiger partial charge is 0.416 e. The lowest BCUT2D eigenvalue weighted by Gasteiger charge is -2.24. The molecule has 2 atom stereocenters. The zero-order valence-corrected chi connectivity index (χ0v) is 15.3. The first-order valence-corrected chi connectivity index (χ1v) is 9.27. The molecule has 2 aromatic rings. The number of carbonyl (C=O) groups excluding carboxylic acids is 1. The number of nitrogens with one attached hydrogen (secondary N) is 1. The molecule has 2 fully saturated rings. The van der Waals surface area contributed by atoms with Crippen molar-refractivity contribution in [3.05, 3.63) is 59.5 Å². The third-order valence-electron chi connectivity index (χ3n) is 5.52. The van der Waals surface area contributed by atoms with Gasteiger partial charge in [-0.25, -0.2) is 14.2 Å². The van der Waals surface area contributed by atoms with Crippen molar-refractivity contribution in [1.82, 2.24) is 15.2 Å². The highest BCUT2D eigenvalue weighted by molar-refractivity contribution is 5.70. The molecule has 4 rings (SSSR count). The second-order valence-electron chi connectivity index (χ2n) is 7.37. The van der Waals surface area contributed by atoms with Crippen molar-refractivity contribution in [2.75, 3.05) is 19.6 Å². The summed E-state index contributed by atoms with van der Waals surface area (Å²) >= 11 is 0. The van der Waals surface area contributed by atoms with Crippen LogP contribution in [0.15, 0.2) is 42.6 Å². The average Bonchev–Trinajstić information content (AvgIpc) is 3.08. The van der Waals surface area contributed by atoms with Crippen LogP contribution in [0.3, 0.4) is 0 Å². The minimum absolute atomic E-state index is 0.0513. The number of alkyl halides is 3. The molecular weight excluding hydrogens is 390 g/mol. The number of piperidine rings is 1. The van der Waals surface area contributed by atoms with Crippen molar-refractivity contribution in [3.8, 4) is 5.88 Å². The number of hydrogen-bond donors (Lipinski definition) is 1. The van der Waals surface area contributed by atoms with Gasteiger partial charge in [0.05, 0.1) is 5.56 Å². The summed E-state index contributed by atoms with van der Waals surface area (Å²) in [5.41, 5.74) is -1.27. The molecule has 1 aliphatic carbocycles. The van der Waals surface area contributed by atoms with Crippen LogP contribution in [0.25, 0.3) is 0 Å². The van der Waals surface area contributed by atoms with Gasteiger partial charge in [0.1, 0.15) is 5.82 Å². The second kappa shape index (κ2) is 7.62. The lowest BCUT2D eigenvalue weighted by molar-refractivity contribution is -0.138. The number of hydrogen-bond acceptors (Lipinski definition) is 4. The number of fused-ring (bicyclic) bond motifs is 1. The Hall–Kier alpha value is -2.68. The molecule has 0 bridgehead atoms. The van der Waals surface area contributed by atoms with Crippen LogP contribution in [0.1, 0.15) is 11.1 Å². The fourth-order valence-electron chi connectivity index (χ4n) is 4.01. The molecule has 1 aliphatic heterocycles. The van der Waals surface area contributed by atoms with E-state index in [9.17, 15) is 22.4 Å². The molecule has 1 N–H and O–H groups in total. The van der Waals surface area contributed by atoms with Crippen molar-refractivity contribution in [3.63, 3.8) is 0 Å². The zero-order chi connectivity index (χ0) is 20.6. The Kier molecular flexibility index (Phi) is 5.16. The number of carbonyl (C=O) groups is 1. The molecule has 2 heterocycles. The first kappa shape index (κ1) is 19.6. The van der Waals surface area contributed by atoms with E-state index >= 15 is 0 Å². The highest BCUT2D eigenvalue weighted by atomic mass is 19.4. The summed E-state index contributed by atoms with van der Waals surface area (Å²) in [5, 5.41) is 3.24. The van der Waals surface area contributed by atoms with Gasteiger partial charge >= 0.3 is 12.3 Å². The third kappa shape index (κ3) is 4.34. The number of nitrogens with zero attached hydrogens (tertiary/aromatic N) is 2. The van der Waals surface area contributed by atoms with Crippen LogP contribution in [0, 0.1) is 23.6 Å². The Morgan fingerprint density at radius 3 is 2.62 bits per heavy atom. The van der Waals surface area contributed by atoms with Gasteiger partial charge in [-0.3, -0.25) is 0 Å². The van der Waals surface area contributed by atoms with E-state index in [2.05, 4.69) is 10.3 Å². The van der Waals surface area contributed by atoms with Crippen molar-refractivity contribution >= 4 is 6.09 Å². The van der Waals surface area contributed by atoms with Crippen LogP contribution in [-0.2, 0) is 12.7 Å². The summed E-state index contributed by atoms with van der Waals surface area (Å²) in [5.74, 6) is 0.244. The Balaban J connectivity index is 1.57. The predicted molar refractivity (Wildman–Crippen MR) is 95.4 cm³/mol. The molecule has 9 heteroatoms. The third-order valence-corrected chi connectivity index (χ3v) is 5.52.